The molecule has 2 aromatic rings. The third kappa shape index (κ3) is 3.68. The molecule has 5 nitrogen and oxygen atoms in total. The maximum atomic E-state index is 12.2. The number of carbonyl (C=O) groups excluding carboxylic acids is 1. The third-order valence-electron chi connectivity index (χ3n) is 2.77. The predicted molar refractivity (Wildman–Crippen MR) is 87.6 cm³/mol. The molecule has 0 spiro atoms. The molecule has 0 saturated carbocycles. The van der Waals surface area contributed by atoms with Gasteiger partial charge in [-0.1, -0.05) is 6.07 Å². The van der Waals surface area contributed by atoms with Gasteiger partial charge in [0.2, 0.25) is 0 Å². The Hall–Kier alpha value is -1.73. The van der Waals surface area contributed by atoms with Gasteiger partial charge in [-0.25, -0.2) is 0 Å². The lowest BCUT2D eigenvalue weighted by Crippen LogP contribution is -2.12. The SMILES string of the molecule is Cc1ccc(C(=O)Nc2ccc([N+](=O)[O-])c(Br)c2)c(Br)c1. The van der Waals surface area contributed by atoms with Gasteiger partial charge >= 0.3 is 0 Å². The van der Waals surface area contributed by atoms with E-state index in [1.807, 2.05) is 19.1 Å². The van der Waals surface area contributed by atoms with Crippen molar-refractivity contribution in [2.24, 2.45) is 0 Å². The average molecular weight is 414 g/mol. The van der Waals surface area contributed by atoms with Crippen LogP contribution in [0.15, 0.2) is 45.3 Å². The van der Waals surface area contributed by atoms with E-state index in [0.29, 0.717) is 20.2 Å². The van der Waals surface area contributed by atoms with Crippen LogP contribution in [0, 0.1) is 17.0 Å². The second-order valence-electron chi connectivity index (χ2n) is 4.36. The summed E-state index contributed by atoms with van der Waals surface area (Å²) in [6.45, 7) is 1.93. The Kier molecular flexibility index (Phi) is 4.74. The Morgan fingerprint density at radius 1 is 1.14 bits per heavy atom. The van der Waals surface area contributed by atoms with E-state index in [-0.39, 0.29) is 11.6 Å². The molecule has 108 valence electrons. The number of benzene rings is 2. The first-order chi connectivity index (χ1) is 9.88. The Bertz CT molecular complexity index is 732. The predicted octanol–water partition coefficient (Wildman–Crippen LogP) is 4.68. The molecule has 0 radical (unpaired) electrons. The summed E-state index contributed by atoms with van der Waals surface area (Å²) in [6.07, 6.45) is 0. The standard InChI is InChI=1S/C14H10Br2N2O3/c1-8-2-4-10(11(15)6-8)14(19)17-9-3-5-13(18(20)21)12(16)7-9/h2-7H,1H3,(H,17,19). The summed E-state index contributed by atoms with van der Waals surface area (Å²) in [5.74, 6) is -0.289. The maximum Gasteiger partial charge on any atom is 0.283 e. The zero-order valence-electron chi connectivity index (χ0n) is 10.9. The fraction of sp³-hybridized carbons (Fsp3) is 0.0714. The van der Waals surface area contributed by atoms with E-state index in [0.717, 1.165) is 5.56 Å². The van der Waals surface area contributed by atoms with Crippen LogP contribution >= 0.6 is 31.9 Å². The van der Waals surface area contributed by atoms with E-state index in [1.54, 1.807) is 6.07 Å². The molecule has 0 fully saturated rings. The highest BCUT2D eigenvalue weighted by atomic mass is 79.9. The molecular weight excluding hydrogens is 404 g/mol. The number of amides is 1. The van der Waals surface area contributed by atoms with Crippen LogP contribution in [0.25, 0.3) is 0 Å². The lowest BCUT2D eigenvalue weighted by Gasteiger charge is -2.08. The number of halogens is 2. The van der Waals surface area contributed by atoms with Gasteiger partial charge in [-0.05, 0) is 68.6 Å². The van der Waals surface area contributed by atoms with E-state index in [4.69, 9.17) is 0 Å². The van der Waals surface area contributed by atoms with Crippen molar-refractivity contribution in [2.45, 2.75) is 6.92 Å². The first-order valence-electron chi connectivity index (χ1n) is 5.90. The minimum absolute atomic E-state index is 0.0514. The second-order valence-corrected chi connectivity index (χ2v) is 6.07. The number of hydrogen-bond donors (Lipinski definition) is 1. The smallest absolute Gasteiger partial charge is 0.283 e. The largest absolute Gasteiger partial charge is 0.322 e. The number of nitro benzene ring substituents is 1. The summed E-state index contributed by atoms with van der Waals surface area (Å²) in [6, 6.07) is 9.73. The van der Waals surface area contributed by atoms with E-state index < -0.39 is 4.92 Å². The maximum absolute atomic E-state index is 12.2. The summed E-state index contributed by atoms with van der Waals surface area (Å²) in [5.41, 5.74) is 1.96. The van der Waals surface area contributed by atoms with E-state index >= 15 is 0 Å². The first kappa shape index (κ1) is 15.7. The average Bonchev–Trinajstić information content (AvgIpc) is 2.37. The number of anilines is 1. The van der Waals surface area contributed by atoms with Gasteiger partial charge in [0, 0.05) is 16.2 Å². The van der Waals surface area contributed by atoms with Crippen molar-refractivity contribution < 1.29 is 9.72 Å². The molecule has 0 aliphatic carbocycles. The van der Waals surface area contributed by atoms with Crippen LogP contribution in [0.1, 0.15) is 15.9 Å². The van der Waals surface area contributed by atoms with Gasteiger partial charge in [-0.3, -0.25) is 14.9 Å². The fourth-order valence-corrected chi connectivity index (χ4v) is 2.93. The molecule has 0 aromatic heterocycles. The zero-order valence-corrected chi connectivity index (χ0v) is 14.1. The number of nitrogens with zero attached hydrogens (tertiary/aromatic N) is 1. The molecule has 0 aliphatic rings. The van der Waals surface area contributed by atoms with Crippen LogP contribution < -0.4 is 5.32 Å². The summed E-state index contributed by atoms with van der Waals surface area (Å²) < 4.78 is 1.01. The second kappa shape index (κ2) is 6.36. The highest BCUT2D eigenvalue weighted by Crippen LogP contribution is 2.28. The molecule has 0 atom stereocenters. The normalized spacial score (nSPS) is 10.2. The van der Waals surface area contributed by atoms with Crippen LogP contribution in [-0.4, -0.2) is 10.8 Å². The highest BCUT2D eigenvalue weighted by Gasteiger charge is 2.14. The van der Waals surface area contributed by atoms with Crippen molar-refractivity contribution >= 4 is 49.1 Å². The molecular formula is C14H10Br2N2O3. The third-order valence-corrected chi connectivity index (χ3v) is 4.06. The van der Waals surface area contributed by atoms with Gasteiger partial charge in [0.15, 0.2) is 0 Å². The van der Waals surface area contributed by atoms with Gasteiger partial charge in [-0.2, -0.15) is 0 Å². The Morgan fingerprint density at radius 3 is 2.43 bits per heavy atom. The minimum Gasteiger partial charge on any atom is -0.322 e. The molecule has 0 saturated heterocycles. The summed E-state index contributed by atoms with van der Waals surface area (Å²) in [5, 5.41) is 13.4. The van der Waals surface area contributed by atoms with Crippen LogP contribution in [0.4, 0.5) is 11.4 Å². The Balaban J connectivity index is 2.23. The lowest BCUT2D eigenvalue weighted by atomic mass is 10.1. The van der Waals surface area contributed by atoms with E-state index in [2.05, 4.69) is 37.2 Å². The number of hydrogen-bond acceptors (Lipinski definition) is 3. The van der Waals surface area contributed by atoms with Crippen molar-refractivity contribution in [3.63, 3.8) is 0 Å². The summed E-state index contributed by atoms with van der Waals surface area (Å²) in [4.78, 5) is 22.4. The number of aryl methyl sites for hydroxylation is 1. The molecule has 0 unspecified atom stereocenters. The molecule has 21 heavy (non-hydrogen) atoms. The number of nitro groups is 1. The Morgan fingerprint density at radius 2 is 1.86 bits per heavy atom. The first-order valence-corrected chi connectivity index (χ1v) is 7.48. The molecule has 1 N–H and O–H groups in total. The van der Waals surface area contributed by atoms with Gasteiger partial charge in [-0.15, -0.1) is 0 Å². The van der Waals surface area contributed by atoms with Crippen molar-refractivity contribution in [3.05, 3.63) is 66.6 Å². The topological polar surface area (TPSA) is 72.2 Å². The molecule has 0 bridgehead atoms. The quantitative estimate of drug-likeness (QED) is 0.586. The van der Waals surface area contributed by atoms with E-state index in [1.165, 1.54) is 18.2 Å². The van der Waals surface area contributed by atoms with Crippen molar-refractivity contribution in [1.29, 1.82) is 0 Å². The molecule has 0 aliphatic heterocycles. The monoisotopic (exact) mass is 412 g/mol. The van der Waals surface area contributed by atoms with Gasteiger partial charge < -0.3 is 5.32 Å². The van der Waals surface area contributed by atoms with Gasteiger partial charge in [0.25, 0.3) is 11.6 Å². The molecule has 1 amide bonds. The summed E-state index contributed by atoms with van der Waals surface area (Å²) in [7, 11) is 0. The van der Waals surface area contributed by atoms with Crippen LogP contribution in [0.5, 0.6) is 0 Å². The number of rotatable bonds is 3. The lowest BCUT2D eigenvalue weighted by molar-refractivity contribution is -0.385. The number of carbonyl (C=O) groups is 1. The van der Waals surface area contributed by atoms with Crippen LogP contribution in [-0.2, 0) is 0 Å². The minimum atomic E-state index is -0.494. The summed E-state index contributed by atoms with van der Waals surface area (Å²) >= 11 is 6.46. The highest BCUT2D eigenvalue weighted by molar-refractivity contribution is 9.11. The molecule has 2 rings (SSSR count). The molecule has 0 heterocycles. The fourth-order valence-electron chi connectivity index (χ4n) is 1.74. The van der Waals surface area contributed by atoms with Crippen LogP contribution in [0.3, 0.4) is 0 Å². The van der Waals surface area contributed by atoms with Crippen LogP contribution in [0.2, 0.25) is 0 Å². The van der Waals surface area contributed by atoms with Crippen molar-refractivity contribution in [1.82, 2.24) is 0 Å². The van der Waals surface area contributed by atoms with E-state index in [9.17, 15) is 14.9 Å². The molecule has 7 heteroatoms. The van der Waals surface area contributed by atoms with Gasteiger partial charge in [0.1, 0.15) is 0 Å². The number of nitrogens with one attached hydrogen (secondary N) is 1. The Labute approximate surface area is 137 Å². The van der Waals surface area contributed by atoms with Gasteiger partial charge in [0.05, 0.1) is 15.0 Å². The molecule has 2 aromatic carbocycles. The van der Waals surface area contributed by atoms with Crippen molar-refractivity contribution in [3.8, 4) is 0 Å². The van der Waals surface area contributed by atoms with Crippen molar-refractivity contribution in [2.75, 3.05) is 5.32 Å². The zero-order chi connectivity index (χ0) is 15.6.